The van der Waals surface area contributed by atoms with Gasteiger partial charge in [0.2, 0.25) is 0 Å². The molecule has 0 fully saturated rings. The lowest BCUT2D eigenvalue weighted by molar-refractivity contribution is 0.101. The van der Waals surface area contributed by atoms with Crippen LogP contribution in [0.4, 0.5) is 11.5 Å². The Morgan fingerprint density at radius 1 is 1.25 bits per heavy atom. The zero-order valence-electron chi connectivity index (χ0n) is 20.0. The van der Waals surface area contributed by atoms with E-state index in [-0.39, 0.29) is 12.5 Å². The van der Waals surface area contributed by atoms with E-state index >= 15 is 0 Å². The van der Waals surface area contributed by atoms with E-state index in [1.165, 1.54) is 0 Å². The van der Waals surface area contributed by atoms with Gasteiger partial charge >= 0.3 is 0 Å². The first-order chi connectivity index (χ1) is 17.5. The molecule has 0 aliphatic heterocycles. The predicted octanol–water partition coefficient (Wildman–Crippen LogP) is 5.69. The van der Waals surface area contributed by atoms with E-state index in [0.29, 0.717) is 29.4 Å². The first-order valence-electron chi connectivity index (χ1n) is 11.5. The number of thiophene rings is 1. The molecule has 0 radical (unpaired) electrons. The monoisotopic (exact) mass is 498 g/mol. The third kappa shape index (κ3) is 4.21. The van der Waals surface area contributed by atoms with Gasteiger partial charge in [-0.15, -0.1) is 11.3 Å². The van der Waals surface area contributed by atoms with Gasteiger partial charge in [-0.3, -0.25) is 4.79 Å². The van der Waals surface area contributed by atoms with Crippen LogP contribution in [0.5, 0.6) is 5.75 Å². The van der Waals surface area contributed by atoms with Gasteiger partial charge in [0, 0.05) is 52.0 Å². The Bertz CT molecular complexity index is 1620. The van der Waals surface area contributed by atoms with Gasteiger partial charge in [-0.2, -0.15) is 0 Å². The number of hydrogen-bond donors (Lipinski definition) is 3. The number of pyridine rings is 1. The molecule has 0 saturated carbocycles. The second kappa shape index (κ2) is 9.85. The number of ether oxygens (including phenoxy) is 1. The molecule has 0 bridgehead atoms. The van der Waals surface area contributed by atoms with Crippen LogP contribution in [0, 0.1) is 0 Å². The first kappa shape index (κ1) is 23.6. The molecule has 5 rings (SSSR count). The number of hydrogen-bond acceptors (Lipinski definition) is 6. The number of benzene rings is 2. The van der Waals surface area contributed by atoms with E-state index in [0.717, 1.165) is 37.7 Å². The number of nitrogens with zero attached hydrogens (tertiary/aromatic N) is 2. The highest BCUT2D eigenvalue weighted by Crippen LogP contribution is 2.41. The van der Waals surface area contributed by atoms with Gasteiger partial charge in [-0.25, -0.2) is 4.98 Å². The summed E-state index contributed by atoms with van der Waals surface area (Å²) in [6, 6.07) is 15.4. The normalized spacial score (nSPS) is 11.5. The maximum absolute atomic E-state index is 13.1. The number of anilines is 2. The number of aromatic nitrogens is 2. The topological polar surface area (TPSA) is 102 Å². The fourth-order valence-corrected chi connectivity index (χ4v) is 5.44. The summed E-state index contributed by atoms with van der Waals surface area (Å²) in [5.74, 6) is 0.783. The Hall–Kier alpha value is -4.14. The number of para-hydroxylation sites is 1. The number of fused-ring (bicyclic) bond motifs is 2. The first-order valence-corrected chi connectivity index (χ1v) is 12.4. The summed E-state index contributed by atoms with van der Waals surface area (Å²) in [5.41, 5.74) is 11.2. The second-order valence-electron chi connectivity index (χ2n) is 8.38. The van der Waals surface area contributed by atoms with Crippen molar-refractivity contribution in [1.29, 1.82) is 0 Å². The average molecular weight is 499 g/mol. The zero-order valence-corrected chi connectivity index (χ0v) is 20.8. The maximum atomic E-state index is 13.1. The van der Waals surface area contributed by atoms with Crippen molar-refractivity contribution in [2.45, 2.75) is 6.42 Å². The summed E-state index contributed by atoms with van der Waals surface area (Å²) in [5, 5.41) is 16.0. The number of carbonyl (C=O) groups is 1. The standard InChI is InChI=1S/C28H26N4O3S/c1-32-22-9-4-3-7-18(22)13-23(32)28(34)31-21-11-10-17(14-24(21)35-2)20-16-36-26-19(8-5-6-12-33)15-30-27(29)25(20)26/h3-5,7-11,13-16,33H,6,12H2,1-2H3,(H2,29,30)(H,31,34)/b8-5+. The minimum Gasteiger partial charge on any atom is -0.495 e. The molecular weight excluding hydrogens is 472 g/mol. The van der Waals surface area contributed by atoms with Crippen LogP contribution >= 0.6 is 11.3 Å². The van der Waals surface area contributed by atoms with Crippen molar-refractivity contribution >= 4 is 55.8 Å². The van der Waals surface area contributed by atoms with Gasteiger partial charge in [0.05, 0.1) is 12.8 Å². The van der Waals surface area contributed by atoms with E-state index in [2.05, 4.69) is 15.7 Å². The fraction of sp³-hybridized carbons (Fsp3) is 0.143. The van der Waals surface area contributed by atoms with Gasteiger partial charge in [0.25, 0.3) is 5.91 Å². The van der Waals surface area contributed by atoms with E-state index in [9.17, 15) is 4.79 Å². The average Bonchev–Trinajstić information content (AvgIpc) is 3.49. The molecule has 1 amide bonds. The van der Waals surface area contributed by atoms with E-state index in [1.807, 2.05) is 72.3 Å². The third-order valence-electron chi connectivity index (χ3n) is 6.19. The van der Waals surface area contributed by atoms with Crippen molar-refractivity contribution in [2.75, 3.05) is 24.8 Å². The van der Waals surface area contributed by atoms with Crippen LogP contribution in [-0.2, 0) is 7.05 Å². The number of aryl methyl sites for hydroxylation is 1. The molecule has 0 saturated heterocycles. The fourth-order valence-electron chi connectivity index (χ4n) is 4.36. The quantitative estimate of drug-likeness (QED) is 0.267. The van der Waals surface area contributed by atoms with Crippen LogP contribution in [0.2, 0.25) is 0 Å². The number of methoxy groups -OCH3 is 1. The van der Waals surface area contributed by atoms with Crippen LogP contribution in [0.25, 0.3) is 38.2 Å². The molecule has 0 unspecified atom stereocenters. The summed E-state index contributed by atoms with van der Waals surface area (Å²) >= 11 is 1.59. The van der Waals surface area contributed by atoms with Crippen molar-refractivity contribution in [2.24, 2.45) is 7.05 Å². The van der Waals surface area contributed by atoms with E-state index in [4.69, 9.17) is 15.6 Å². The minimum atomic E-state index is -0.214. The molecule has 3 aromatic heterocycles. The van der Waals surface area contributed by atoms with Crippen LogP contribution in [0.1, 0.15) is 22.5 Å². The number of aliphatic hydroxyl groups excluding tert-OH is 1. The smallest absolute Gasteiger partial charge is 0.272 e. The number of nitrogen functional groups attached to an aromatic ring is 1. The summed E-state index contributed by atoms with van der Waals surface area (Å²) in [6.07, 6.45) is 6.20. The predicted molar refractivity (Wildman–Crippen MR) is 148 cm³/mol. The van der Waals surface area contributed by atoms with Gasteiger partial charge in [-0.1, -0.05) is 36.4 Å². The van der Waals surface area contributed by atoms with Crippen LogP contribution in [0.3, 0.4) is 0 Å². The maximum Gasteiger partial charge on any atom is 0.272 e. The Kier molecular flexibility index (Phi) is 6.45. The molecule has 182 valence electrons. The van der Waals surface area contributed by atoms with Crippen molar-refractivity contribution < 1.29 is 14.6 Å². The second-order valence-corrected chi connectivity index (χ2v) is 9.26. The molecule has 0 atom stereocenters. The molecular formula is C28H26N4O3S. The summed E-state index contributed by atoms with van der Waals surface area (Å²) < 4.78 is 8.55. The highest BCUT2D eigenvalue weighted by atomic mass is 32.1. The largest absolute Gasteiger partial charge is 0.495 e. The molecule has 0 aliphatic carbocycles. The Labute approximate surface area is 212 Å². The van der Waals surface area contributed by atoms with Gasteiger partial charge in [0.15, 0.2) is 0 Å². The van der Waals surface area contributed by atoms with Crippen molar-refractivity contribution in [3.63, 3.8) is 0 Å². The Morgan fingerprint density at radius 2 is 2.08 bits per heavy atom. The molecule has 4 N–H and O–H groups in total. The molecule has 7 nitrogen and oxygen atoms in total. The van der Waals surface area contributed by atoms with Gasteiger partial charge < -0.3 is 25.5 Å². The molecule has 5 aromatic rings. The molecule has 36 heavy (non-hydrogen) atoms. The highest BCUT2D eigenvalue weighted by Gasteiger charge is 2.18. The van der Waals surface area contributed by atoms with Crippen LogP contribution in [0.15, 0.2) is 66.2 Å². The summed E-state index contributed by atoms with van der Waals surface area (Å²) in [4.78, 5) is 17.5. The molecule has 0 aliphatic rings. The third-order valence-corrected chi connectivity index (χ3v) is 7.22. The Balaban J connectivity index is 1.48. The molecule has 2 aromatic carbocycles. The van der Waals surface area contributed by atoms with Crippen molar-refractivity contribution in [3.05, 3.63) is 77.4 Å². The number of nitrogens with one attached hydrogen (secondary N) is 1. The Morgan fingerprint density at radius 3 is 2.86 bits per heavy atom. The summed E-state index contributed by atoms with van der Waals surface area (Å²) in [7, 11) is 3.46. The number of aliphatic hydroxyl groups is 1. The minimum absolute atomic E-state index is 0.0981. The zero-order chi connectivity index (χ0) is 25.2. The van der Waals surface area contributed by atoms with E-state index in [1.54, 1.807) is 24.6 Å². The van der Waals surface area contributed by atoms with Gasteiger partial charge in [0.1, 0.15) is 17.3 Å². The lowest BCUT2D eigenvalue weighted by Crippen LogP contribution is -2.16. The highest BCUT2D eigenvalue weighted by molar-refractivity contribution is 7.18. The van der Waals surface area contributed by atoms with Crippen molar-refractivity contribution in [3.8, 4) is 16.9 Å². The van der Waals surface area contributed by atoms with Crippen LogP contribution in [-0.4, -0.2) is 34.3 Å². The molecule has 8 heteroatoms. The van der Waals surface area contributed by atoms with E-state index < -0.39 is 0 Å². The lowest BCUT2D eigenvalue weighted by atomic mass is 10.0. The molecule has 0 spiro atoms. The number of amides is 1. The molecule has 3 heterocycles. The lowest BCUT2D eigenvalue weighted by Gasteiger charge is -2.13. The number of rotatable bonds is 7. The number of carbonyl (C=O) groups excluding carboxylic acids is 1. The van der Waals surface area contributed by atoms with Gasteiger partial charge in [-0.05, 0) is 41.6 Å². The van der Waals surface area contributed by atoms with Crippen LogP contribution < -0.4 is 15.8 Å². The SMILES string of the molecule is COc1cc(-c2csc3c(/C=C/CCO)cnc(N)c23)ccc1NC(=O)c1cc2ccccc2n1C. The number of nitrogens with two attached hydrogens (primary N) is 1. The summed E-state index contributed by atoms with van der Waals surface area (Å²) in [6.45, 7) is 0.0981. The van der Waals surface area contributed by atoms with Crippen molar-refractivity contribution in [1.82, 2.24) is 9.55 Å².